The van der Waals surface area contributed by atoms with E-state index in [1.165, 1.54) is 12.1 Å². The van der Waals surface area contributed by atoms with E-state index in [1.54, 1.807) is 89.0 Å². The zero-order valence-electron chi connectivity index (χ0n) is 30.5. The third kappa shape index (κ3) is 8.60. The second-order valence-electron chi connectivity index (χ2n) is 12.5. The lowest BCUT2D eigenvalue weighted by atomic mass is 9.91. The first kappa shape index (κ1) is 38.0. The summed E-state index contributed by atoms with van der Waals surface area (Å²) in [4.78, 5) is 45.4. The molecule has 0 aliphatic carbocycles. The summed E-state index contributed by atoms with van der Waals surface area (Å²) in [6.07, 6.45) is 2.57. The predicted molar refractivity (Wildman–Crippen MR) is 203 cm³/mol. The first-order valence-electron chi connectivity index (χ1n) is 17.6. The molecule has 6 rings (SSSR count). The maximum Gasteiger partial charge on any atom is 0.261 e. The molecule has 0 saturated carbocycles. The van der Waals surface area contributed by atoms with Crippen molar-refractivity contribution in [2.24, 2.45) is 5.92 Å². The second-order valence-corrected chi connectivity index (χ2v) is 14.2. The molecule has 274 valence electrons. The topological polar surface area (TPSA) is 137 Å². The van der Waals surface area contributed by atoms with Crippen LogP contribution in [0.15, 0.2) is 107 Å². The van der Waals surface area contributed by atoms with Crippen LogP contribution < -0.4 is 10.0 Å². The fourth-order valence-corrected chi connectivity index (χ4v) is 7.33. The molecule has 0 bridgehead atoms. The molecular formula is C39H47N7O5S. The maximum absolute atomic E-state index is 13.5. The third-order valence-corrected chi connectivity index (χ3v) is 10.5. The summed E-state index contributed by atoms with van der Waals surface area (Å²) in [5.41, 5.74) is 3.84. The minimum absolute atomic E-state index is 0.0192. The van der Waals surface area contributed by atoms with Crippen molar-refractivity contribution in [3.63, 3.8) is 0 Å². The van der Waals surface area contributed by atoms with Crippen LogP contribution in [0.4, 0.5) is 17.3 Å². The van der Waals surface area contributed by atoms with E-state index >= 15 is 0 Å². The van der Waals surface area contributed by atoms with Gasteiger partial charge in [-0.3, -0.25) is 14.3 Å². The van der Waals surface area contributed by atoms with Crippen LogP contribution in [0.25, 0.3) is 11.3 Å². The van der Waals surface area contributed by atoms with Gasteiger partial charge in [-0.2, -0.15) is 0 Å². The molecule has 2 atom stereocenters. The van der Waals surface area contributed by atoms with E-state index in [9.17, 15) is 18.0 Å². The van der Waals surface area contributed by atoms with Gasteiger partial charge in [0.15, 0.2) is 0 Å². The number of piperazine rings is 1. The van der Waals surface area contributed by atoms with E-state index in [4.69, 9.17) is 4.84 Å². The van der Waals surface area contributed by atoms with Crippen LogP contribution in [0, 0.1) is 5.92 Å². The third-order valence-electron chi connectivity index (χ3n) is 9.15. The molecule has 2 aliphatic heterocycles. The zero-order chi connectivity index (χ0) is 37.4. The van der Waals surface area contributed by atoms with Crippen molar-refractivity contribution >= 4 is 39.2 Å². The van der Waals surface area contributed by atoms with Gasteiger partial charge in [-0.05, 0) is 67.4 Å². The molecule has 3 heterocycles. The average molecular weight is 726 g/mol. The Morgan fingerprint density at radius 1 is 0.865 bits per heavy atom. The van der Waals surface area contributed by atoms with Gasteiger partial charge in [-0.1, -0.05) is 64.4 Å². The lowest BCUT2D eigenvalue weighted by molar-refractivity contribution is -0.130. The Kier molecular flexibility index (Phi) is 12.3. The van der Waals surface area contributed by atoms with Crippen LogP contribution in [-0.4, -0.2) is 84.3 Å². The Morgan fingerprint density at radius 3 is 2.08 bits per heavy atom. The lowest BCUT2D eigenvalue weighted by Gasteiger charge is -2.36. The summed E-state index contributed by atoms with van der Waals surface area (Å²) in [6.45, 7) is 11.9. The van der Waals surface area contributed by atoms with Gasteiger partial charge in [-0.25, -0.2) is 18.4 Å². The zero-order valence-corrected chi connectivity index (χ0v) is 31.4. The van der Waals surface area contributed by atoms with Gasteiger partial charge in [0, 0.05) is 61.9 Å². The molecule has 52 heavy (non-hydrogen) atoms. The summed E-state index contributed by atoms with van der Waals surface area (Å²) in [5, 5.41) is 4.96. The number of hydrogen-bond donors (Lipinski definition) is 2. The van der Waals surface area contributed by atoms with Gasteiger partial charge in [0.2, 0.25) is 5.95 Å². The Morgan fingerprint density at radius 2 is 1.46 bits per heavy atom. The number of rotatable bonds is 10. The number of aromatic nitrogens is 2. The Labute approximate surface area is 306 Å². The molecule has 12 nitrogen and oxygen atoms in total. The minimum atomic E-state index is -3.69. The van der Waals surface area contributed by atoms with Gasteiger partial charge in [0.25, 0.3) is 21.8 Å². The Bertz CT molecular complexity index is 1980. The van der Waals surface area contributed by atoms with Crippen LogP contribution in [0.5, 0.6) is 0 Å². The molecule has 2 N–H and O–H groups in total. The summed E-state index contributed by atoms with van der Waals surface area (Å²) in [5.74, 6) is 1.18. The van der Waals surface area contributed by atoms with E-state index in [2.05, 4.69) is 33.9 Å². The Balaban J connectivity index is 0.00000257. The summed E-state index contributed by atoms with van der Waals surface area (Å²) in [6, 6.07) is 23.9. The number of anilines is 3. The van der Waals surface area contributed by atoms with Gasteiger partial charge in [-0.15, -0.1) is 5.06 Å². The molecular weight excluding hydrogens is 679 g/mol. The normalized spacial score (nSPS) is 16.8. The number of likely N-dealkylation sites (N-methyl/N-ethyl adjacent to an activating group) is 1. The van der Waals surface area contributed by atoms with E-state index in [0.29, 0.717) is 66.1 Å². The molecule has 13 heteroatoms. The summed E-state index contributed by atoms with van der Waals surface area (Å²) >= 11 is 0. The summed E-state index contributed by atoms with van der Waals surface area (Å²) in [7, 11) is -1.83. The van der Waals surface area contributed by atoms with E-state index in [1.807, 2.05) is 32.7 Å². The number of carbonyl (C=O) groups is 2. The molecule has 1 saturated heterocycles. The average Bonchev–Trinajstić information content (AvgIpc) is 3.48. The van der Waals surface area contributed by atoms with Crippen molar-refractivity contribution < 1.29 is 22.8 Å². The van der Waals surface area contributed by atoms with Gasteiger partial charge in [0.1, 0.15) is 5.76 Å². The van der Waals surface area contributed by atoms with Crippen molar-refractivity contribution in [2.45, 2.75) is 52.0 Å². The molecule has 0 spiro atoms. The first-order chi connectivity index (χ1) is 25.0. The molecule has 3 aromatic carbocycles. The minimum Gasteiger partial charge on any atom is -0.410 e. The van der Waals surface area contributed by atoms with Crippen molar-refractivity contribution in [3.8, 4) is 11.3 Å². The molecule has 2 amide bonds. The number of hydroxylamine groups is 2. The standard InChI is InChI=1S/C37H41N7O5S.C2H6/c1-5-25(2)34-33(26(3)49-42(34)4)36(46)44-23-21-43(22-24-44)35(45)28-13-15-29(16-14-28)39-37-38-20-19-32(40-37)27-11-17-30(18-12-27)41-50(47,48)31-9-7-6-8-10-31;1-2/h6-20,25,34,41H,5,21-24H2,1-4H3,(H,38,39,40);1-2H3. The van der Waals surface area contributed by atoms with Gasteiger partial charge < -0.3 is 20.0 Å². The lowest BCUT2D eigenvalue weighted by Crippen LogP contribution is -2.52. The number of allylic oxidation sites excluding steroid dienone is 1. The van der Waals surface area contributed by atoms with Crippen molar-refractivity contribution in [2.75, 3.05) is 43.3 Å². The number of nitrogens with zero attached hydrogens (tertiary/aromatic N) is 5. The first-order valence-corrected chi connectivity index (χ1v) is 19.1. The van der Waals surface area contributed by atoms with Gasteiger partial charge in [0.05, 0.1) is 22.2 Å². The molecule has 4 aromatic rings. The summed E-state index contributed by atoms with van der Waals surface area (Å²) < 4.78 is 27.9. The highest BCUT2D eigenvalue weighted by atomic mass is 32.2. The highest BCUT2D eigenvalue weighted by Gasteiger charge is 2.40. The smallest absolute Gasteiger partial charge is 0.261 e. The fraction of sp³-hybridized carbons (Fsp3) is 0.333. The molecule has 1 aromatic heterocycles. The van der Waals surface area contributed by atoms with Crippen LogP contribution in [0.2, 0.25) is 0 Å². The molecule has 0 radical (unpaired) electrons. The maximum atomic E-state index is 13.5. The van der Waals surface area contributed by atoms with E-state index in [-0.39, 0.29) is 28.7 Å². The predicted octanol–water partition coefficient (Wildman–Crippen LogP) is 6.56. The van der Waals surface area contributed by atoms with E-state index in [0.717, 1.165) is 12.0 Å². The van der Waals surface area contributed by atoms with Crippen LogP contribution >= 0.6 is 0 Å². The monoisotopic (exact) mass is 725 g/mol. The van der Waals surface area contributed by atoms with Crippen molar-refractivity contribution in [3.05, 3.63) is 108 Å². The number of sulfonamides is 1. The highest BCUT2D eigenvalue weighted by Crippen LogP contribution is 2.33. The molecule has 2 aliphatic rings. The number of amides is 2. The second kappa shape index (κ2) is 16.8. The fourth-order valence-electron chi connectivity index (χ4n) is 6.25. The number of hydrogen-bond acceptors (Lipinski definition) is 9. The van der Waals surface area contributed by atoms with Gasteiger partial charge >= 0.3 is 0 Å². The number of nitrogens with one attached hydrogen (secondary N) is 2. The quantitative estimate of drug-likeness (QED) is 0.186. The number of carbonyl (C=O) groups excluding carboxylic acids is 2. The number of benzene rings is 3. The SMILES string of the molecule is CC.CCC(C)C1C(C(=O)N2CCN(C(=O)c3ccc(Nc4nccc(-c5ccc(NS(=O)(=O)c6ccccc6)cc5)n4)cc3)CC2)=C(C)ON1C. The van der Waals surface area contributed by atoms with Crippen LogP contribution in [0.1, 0.15) is 51.4 Å². The molecule has 2 unspecified atom stereocenters. The van der Waals surface area contributed by atoms with Crippen LogP contribution in [-0.2, 0) is 19.7 Å². The van der Waals surface area contributed by atoms with E-state index < -0.39 is 10.0 Å². The Hall–Kier alpha value is -5.27. The largest absolute Gasteiger partial charge is 0.410 e. The highest BCUT2D eigenvalue weighted by molar-refractivity contribution is 7.92. The van der Waals surface area contributed by atoms with Crippen molar-refractivity contribution in [1.82, 2.24) is 24.8 Å². The van der Waals surface area contributed by atoms with Crippen LogP contribution in [0.3, 0.4) is 0 Å². The molecule has 1 fully saturated rings. The van der Waals surface area contributed by atoms with Crippen molar-refractivity contribution in [1.29, 1.82) is 0 Å².